The molecule has 0 saturated carbocycles. The molecular formula is C23H22N2O3S2. The third-order valence-electron chi connectivity index (χ3n) is 5.30. The first-order valence-electron chi connectivity index (χ1n) is 9.71. The van der Waals surface area contributed by atoms with E-state index in [0.29, 0.717) is 28.9 Å². The summed E-state index contributed by atoms with van der Waals surface area (Å²) in [5, 5.41) is 12.4. The highest BCUT2D eigenvalue weighted by Crippen LogP contribution is 2.38. The van der Waals surface area contributed by atoms with Crippen LogP contribution in [0.2, 0.25) is 0 Å². The number of thiophene rings is 2. The number of aromatic nitrogens is 2. The largest absolute Gasteiger partial charge is 0.480 e. The number of benzene rings is 1. The second-order valence-corrected chi connectivity index (χ2v) is 9.55. The van der Waals surface area contributed by atoms with Crippen LogP contribution in [0.1, 0.15) is 34.3 Å². The summed E-state index contributed by atoms with van der Waals surface area (Å²) in [4.78, 5) is 33.0. The lowest BCUT2D eigenvalue weighted by Crippen LogP contribution is -2.32. The highest BCUT2D eigenvalue weighted by atomic mass is 32.1. The first kappa shape index (κ1) is 20.5. The van der Waals surface area contributed by atoms with E-state index < -0.39 is 12.0 Å². The summed E-state index contributed by atoms with van der Waals surface area (Å²) in [5.74, 6) is -0.583. The van der Waals surface area contributed by atoms with E-state index >= 15 is 0 Å². The standard InChI is InChI=1S/C23H22N2O3S2/c1-13-6-8-16(9-7-13)10-11-17(23(27)28)25-15(3)24-21-20(22(25)26)19(14(2)30-21)18-5-4-12-29-18/h4-9,12,17H,10-11H2,1-3H3,(H,27,28). The number of nitrogens with zero attached hydrogens (tertiary/aromatic N) is 2. The van der Waals surface area contributed by atoms with Crippen LogP contribution in [-0.4, -0.2) is 20.6 Å². The SMILES string of the molecule is Cc1ccc(CCC(C(=O)O)n2c(C)nc3sc(C)c(-c4cccs4)c3c2=O)cc1. The van der Waals surface area contributed by atoms with Gasteiger partial charge in [0.1, 0.15) is 16.7 Å². The van der Waals surface area contributed by atoms with Crippen LogP contribution in [0, 0.1) is 20.8 Å². The summed E-state index contributed by atoms with van der Waals surface area (Å²) in [5.41, 5.74) is 2.81. The number of rotatable bonds is 6. The van der Waals surface area contributed by atoms with Crippen molar-refractivity contribution in [1.82, 2.24) is 9.55 Å². The van der Waals surface area contributed by atoms with Gasteiger partial charge in [-0.3, -0.25) is 9.36 Å². The van der Waals surface area contributed by atoms with E-state index in [1.54, 1.807) is 18.3 Å². The molecule has 0 fully saturated rings. The Bertz CT molecular complexity index is 1270. The fraction of sp³-hybridized carbons (Fsp3) is 0.261. The van der Waals surface area contributed by atoms with Crippen LogP contribution in [0.3, 0.4) is 0 Å². The number of carbonyl (C=O) groups is 1. The van der Waals surface area contributed by atoms with E-state index in [4.69, 9.17) is 0 Å². The summed E-state index contributed by atoms with van der Waals surface area (Å²) in [6, 6.07) is 11.0. The second-order valence-electron chi connectivity index (χ2n) is 7.40. The van der Waals surface area contributed by atoms with Gasteiger partial charge in [0, 0.05) is 15.3 Å². The third-order valence-corrected chi connectivity index (χ3v) is 7.19. The van der Waals surface area contributed by atoms with Crippen LogP contribution < -0.4 is 5.56 Å². The molecule has 0 bridgehead atoms. The van der Waals surface area contributed by atoms with Crippen LogP contribution in [-0.2, 0) is 11.2 Å². The second kappa shape index (κ2) is 8.16. The van der Waals surface area contributed by atoms with Crippen LogP contribution >= 0.6 is 22.7 Å². The molecule has 30 heavy (non-hydrogen) atoms. The summed E-state index contributed by atoms with van der Waals surface area (Å²) in [6.07, 6.45) is 0.894. The van der Waals surface area contributed by atoms with E-state index in [1.165, 1.54) is 15.9 Å². The smallest absolute Gasteiger partial charge is 0.326 e. The highest BCUT2D eigenvalue weighted by molar-refractivity contribution is 7.20. The lowest BCUT2D eigenvalue weighted by atomic mass is 10.0. The van der Waals surface area contributed by atoms with E-state index in [2.05, 4.69) is 4.98 Å². The Kier molecular flexibility index (Phi) is 5.58. The molecule has 0 aliphatic heterocycles. The van der Waals surface area contributed by atoms with Gasteiger partial charge >= 0.3 is 5.97 Å². The fourth-order valence-electron chi connectivity index (χ4n) is 3.78. The molecule has 3 heterocycles. The molecule has 1 atom stereocenters. The van der Waals surface area contributed by atoms with Crippen molar-refractivity contribution >= 4 is 38.9 Å². The summed E-state index contributed by atoms with van der Waals surface area (Å²) in [7, 11) is 0. The van der Waals surface area contributed by atoms with Crippen LogP contribution in [0.4, 0.5) is 0 Å². The molecule has 0 radical (unpaired) electrons. The van der Waals surface area contributed by atoms with Crippen molar-refractivity contribution < 1.29 is 9.90 Å². The molecule has 0 aliphatic rings. The van der Waals surface area contributed by atoms with Gasteiger partial charge in [0.15, 0.2) is 0 Å². The van der Waals surface area contributed by atoms with Gasteiger partial charge in [0.25, 0.3) is 5.56 Å². The Morgan fingerprint density at radius 3 is 2.53 bits per heavy atom. The molecule has 4 aromatic rings. The molecule has 0 aliphatic carbocycles. The minimum absolute atomic E-state index is 0.276. The zero-order chi connectivity index (χ0) is 21.4. The Morgan fingerprint density at radius 1 is 1.17 bits per heavy atom. The van der Waals surface area contributed by atoms with E-state index in [1.807, 2.05) is 55.6 Å². The van der Waals surface area contributed by atoms with Gasteiger partial charge in [0.2, 0.25) is 0 Å². The molecule has 7 heteroatoms. The van der Waals surface area contributed by atoms with Gasteiger partial charge in [-0.1, -0.05) is 35.9 Å². The summed E-state index contributed by atoms with van der Waals surface area (Å²) in [6.45, 7) is 5.71. The third kappa shape index (κ3) is 3.70. The van der Waals surface area contributed by atoms with Gasteiger partial charge in [0.05, 0.1) is 5.39 Å². The van der Waals surface area contributed by atoms with Crippen molar-refractivity contribution in [3.63, 3.8) is 0 Å². The average molecular weight is 439 g/mol. The zero-order valence-electron chi connectivity index (χ0n) is 17.0. The number of aliphatic carboxylic acids is 1. The topological polar surface area (TPSA) is 72.2 Å². The maximum absolute atomic E-state index is 13.6. The molecule has 1 N–H and O–H groups in total. The maximum Gasteiger partial charge on any atom is 0.326 e. The van der Waals surface area contributed by atoms with Crippen molar-refractivity contribution in [3.05, 3.63) is 74.0 Å². The minimum atomic E-state index is -1.02. The van der Waals surface area contributed by atoms with Crippen molar-refractivity contribution in [2.75, 3.05) is 0 Å². The molecule has 154 valence electrons. The Labute approximate surface area is 182 Å². The molecule has 4 rings (SSSR count). The van der Waals surface area contributed by atoms with Crippen LogP contribution in [0.15, 0.2) is 46.6 Å². The monoisotopic (exact) mass is 438 g/mol. The van der Waals surface area contributed by atoms with Gasteiger partial charge in [-0.05, 0) is 50.6 Å². The predicted octanol–water partition coefficient (Wildman–Crippen LogP) is 5.37. The van der Waals surface area contributed by atoms with Crippen molar-refractivity contribution in [3.8, 4) is 10.4 Å². The predicted molar refractivity (Wildman–Crippen MR) is 123 cm³/mol. The van der Waals surface area contributed by atoms with Gasteiger partial charge < -0.3 is 5.11 Å². The summed E-state index contributed by atoms with van der Waals surface area (Å²) >= 11 is 3.05. The van der Waals surface area contributed by atoms with Gasteiger partial charge in [-0.25, -0.2) is 9.78 Å². The quantitative estimate of drug-likeness (QED) is 0.439. The molecule has 0 saturated heterocycles. The van der Waals surface area contributed by atoms with Crippen molar-refractivity contribution in [1.29, 1.82) is 0 Å². The fourth-order valence-corrected chi connectivity index (χ4v) is 5.75. The number of hydrogen-bond acceptors (Lipinski definition) is 5. The molecule has 5 nitrogen and oxygen atoms in total. The number of carboxylic acid groups (broad SMARTS) is 1. The molecule has 1 aromatic carbocycles. The Hall–Kier alpha value is -2.77. The maximum atomic E-state index is 13.6. The molecular weight excluding hydrogens is 416 g/mol. The Balaban J connectivity index is 1.81. The average Bonchev–Trinajstić information content (AvgIpc) is 3.32. The van der Waals surface area contributed by atoms with E-state index in [9.17, 15) is 14.7 Å². The Morgan fingerprint density at radius 2 is 1.90 bits per heavy atom. The highest BCUT2D eigenvalue weighted by Gasteiger charge is 2.26. The number of carboxylic acids is 1. The number of aryl methyl sites for hydroxylation is 4. The zero-order valence-corrected chi connectivity index (χ0v) is 18.6. The molecule has 0 spiro atoms. The van der Waals surface area contributed by atoms with Gasteiger partial charge in [-0.2, -0.15) is 0 Å². The van der Waals surface area contributed by atoms with Gasteiger partial charge in [-0.15, -0.1) is 22.7 Å². The first-order chi connectivity index (χ1) is 14.4. The normalized spacial score (nSPS) is 12.4. The summed E-state index contributed by atoms with van der Waals surface area (Å²) < 4.78 is 1.36. The minimum Gasteiger partial charge on any atom is -0.480 e. The molecule has 3 aromatic heterocycles. The molecule has 0 amide bonds. The van der Waals surface area contributed by atoms with Crippen LogP contribution in [0.25, 0.3) is 20.7 Å². The van der Waals surface area contributed by atoms with Crippen molar-refractivity contribution in [2.24, 2.45) is 0 Å². The molecule has 1 unspecified atom stereocenters. The first-order valence-corrected chi connectivity index (χ1v) is 11.4. The van der Waals surface area contributed by atoms with Crippen molar-refractivity contribution in [2.45, 2.75) is 39.7 Å². The lowest BCUT2D eigenvalue weighted by molar-refractivity contribution is -0.141. The van der Waals surface area contributed by atoms with E-state index in [-0.39, 0.29) is 5.56 Å². The number of fused-ring (bicyclic) bond motifs is 1. The number of hydrogen-bond donors (Lipinski definition) is 1. The van der Waals surface area contributed by atoms with E-state index in [0.717, 1.165) is 26.4 Å². The van der Waals surface area contributed by atoms with Crippen LogP contribution in [0.5, 0.6) is 0 Å². The lowest BCUT2D eigenvalue weighted by Gasteiger charge is -2.18.